The number of piperidine rings is 1. The summed E-state index contributed by atoms with van der Waals surface area (Å²) < 4.78 is 26.5. The molecule has 180 valence electrons. The van der Waals surface area contributed by atoms with Crippen LogP contribution in [0.1, 0.15) is 26.2 Å². The minimum absolute atomic E-state index is 0.00700. The number of anilines is 2. The number of nitrogens with zero attached hydrogens (tertiary/aromatic N) is 5. The van der Waals surface area contributed by atoms with E-state index in [0.29, 0.717) is 48.0 Å². The van der Waals surface area contributed by atoms with Gasteiger partial charge in [-0.15, -0.1) is 5.10 Å². The van der Waals surface area contributed by atoms with E-state index in [9.17, 15) is 4.39 Å². The van der Waals surface area contributed by atoms with E-state index < -0.39 is 5.82 Å². The number of hydrogen-bond acceptors (Lipinski definition) is 7. The lowest BCUT2D eigenvalue weighted by Crippen LogP contribution is -2.48. The average molecular weight is 487 g/mol. The first kappa shape index (κ1) is 22.7. The molecule has 1 aliphatic carbocycles. The van der Waals surface area contributed by atoms with Gasteiger partial charge in [-0.25, -0.2) is 14.1 Å². The van der Waals surface area contributed by atoms with Gasteiger partial charge < -0.3 is 19.7 Å². The van der Waals surface area contributed by atoms with Crippen molar-refractivity contribution in [1.82, 2.24) is 19.7 Å². The number of methoxy groups -OCH3 is 1. The van der Waals surface area contributed by atoms with Gasteiger partial charge in [-0.2, -0.15) is 4.98 Å². The third kappa shape index (κ3) is 4.61. The fourth-order valence-electron chi connectivity index (χ4n) is 4.99. The summed E-state index contributed by atoms with van der Waals surface area (Å²) in [5, 5.41) is 8.25. The molecule has 2 aliphatic rings. The molecule has 10 heteroatoms. The molecule has 8 nitrogen and oxygen atoms in total. The molecule has 0 spiro atoms. The molecule has 2 bridgehead atoms. The maximum Gasteiger partial charge on any atom is 0.322 e. The Morgan fingerprint density at radius 1 is 1.18 bits per heavy atom. The van der Waals surface area contributed by atoms with Crippen LogP contribution in [0.5, 0.6) is 17.6 Å². The van der Waals surface area contributed by atoms with E-state index in [1.165, 1.54) is 18.2 Å². The van der Waals surface area contributed by atoms with Crippen LogP contribution in [0.4, 0.5) is 16.0 Å². The lowest BCUT2D eigenvalue weighted by molar-refractivity contribution is 0.374. The minimum Gasteiger partial charge on any atom is -0.481 e. The fourth-order valence-corrected chi connectivity index (χ4v) is 5.16. The monoisotopic (exact) mass is 486 g/mol. The predicted octanol–water partition coefficient (Wildman–Crippen LogP) is 5.00. The molecule has 1 N–H and O–H groups in total. The SMILES string of the molecule is CCCn1nc(NC2[C@@H]3CC[C@H]2CN(c2ccnc(OC)c2)C3)nc1Oc1ccc(F)c(Cl)c1. The molecule has 5 rings (SSSR count). The Labute approximate surface area is 203 Å². The summed E-state index contributed by atoms with van der Waals surface area (Å²) in [5.74, 6) is 2.08. The van der Waals surface area contributed by atoms with Crippen molar-refractivity contribution in [2.75, 3.05) is 30.4 Å². The Kier molecular flexibility index (Phi) is 6.45. The van der Waals surface area contributed by atoms with Crippen molar-refractivity contribution < 1.29 is 13.9 Å². The zero-order valence-electron chi connectivity index (χ0n) is 19.2. The summed E-state index contributed by atoms with van der Waals surface area (Å²) >= 11 is 5.90. The van der Waals surface area contributed by atoms with Crippen LogP contribution in [0.2, 0.25) is 5.02 Å². The number of aryl methyl sites for hydroxylation is 1. The Hall–Kier alpha value is -3.07. The summed E-state index contributed by atoms with van der Waals surface area (Å²) in [7, 11) is 1.64. The summed E-state index contributed by atoms with van der Waals surface area (Å²) in [6.45, 7) is 4.63. The van der Waals surface area contributed by atoms with Crippen molar-refractivity contribution in [1.29, 1.82) is 0 Å². The number of halogens is 2. The largest absolute Gasteiger partial charge is 0.481 e. The van der Waals surface area contributed by atoms with Crippen molar-refractivity contribution in [2.24, 2.45) is 11.8 Å². The van der Waals surface area contributed by atoms with Crippen LogP contribution < -0.4 is 19.7 Å². The zero-order valence-corrected chi connectivity index (χ0v) is 20.0. The van der Waals surface area contributed by atoms with Crippen LogP contribution in [-0.4, -0.2) is 46.0 Å². The first-order valence-corrected chi connectivity index (χ1v) is 12.0. The van der Waals surface area contributed by atoms with Crippen molar-refractivity contribution in [3.63, 3.8) is 0 Å². The first-order chi connectivity index (χ1) is 16.5. The molecular formula is C24H28ClFN6O2. The van der Waals surface area contributed by atoms with E-state index in [4.69, 9.17) is 21.1 Å². The van der Waals surface area contributed by atoms with Crippen molar-refractivity contribution >= 4 is 23.2 Å². The van der Waals surface area contributed by atoms with E-state index in [-0.39, 0.29) is 5.02 Å². The molecule has 3 atom stereocenters. The quantitative estimate of drug-likeness (QED) is 0.480. The number of aromatic nitrogens is 4. The van der Waals surface area contributed by atoms with Gasteiger partial charge in [0.05, 0.1) is 12.1 Å². The van der Waals surface area contributed by atoms with E-state index in [1.807, 2.05) is 12.1 Å². The maximum atomic E-state index is 13.5. The highest BCUT2D eigenvalue weighted by Crippen LogP contribution is 2.40. The van der Waals surface area contributed by atoms with Gasteiger partial charge in [-0.1, -0.05) is 18.5 Å². The Bertz CT molecular complexity index is 1140. The van der Waals surface area contributed by atoms with E-state index >= 15 is 0 Å². The van der Waals surface area contributed by atoms with Crippen LogP contribution in [-0.2, 0) is 6.54 Å². The number of rotatable bonds is 8. The molecule has 1 aromatic carbocycles. The molecule has 1 saturated carbocycles. The van der Waals surface area contributed by atoms with Gasteiger partial charge in [0.1, 0.15) is 11.6 Å². The molecule has 3 aromatic rings. The number of nitrogens with one attached hydrogen (secondary N) is 1. The molecule has 3 heterocycles. The normalized spacial score (nSPS) is 21.5. The second-order valence-corrected chi connectivity index (χ2v) is 9.26. The molecule has 34 heavy (non-hydrogen) atoms. The van der Waals surface area contributed by atoms with E-state index in [2.05, 4.69) is 32.2 Å². The third-order valence-electron chi connectivity index (χ3n) is 6.60. The highest BCUT2D eigenvalue weighted by Gasteiger charge is 2.42. The van der Waals surface area contributed by atoms with Gasteiger partial charge in [0.2, 0.25) is 11.8 Å². The van der Waals surface area contributed by atoms with Crippen LogP contribution >= 0.6 is 11.6 Å². The smallest absolute Gasteiger partial charge is 0.322 e. The number of benzene rings is 1. The first-order valence-electron chi connectivity index (χ1n) is 11.6. The Morgan fingerprint density at radius 2 is 1.97 bits per heavy atom. The number of ether oxygens (including phenoxy) is 2. The molecule has 1 unspecified atom stereocenters. The van der Waals surface area contributed by atoms with Crippen molar-refractivity contribution in [3.05, 3.63) is 47.4 Å². The van der Waals surface area contributed by atoms with Gasteiger partial charge in [-0.3, -0.25) is 0 Å². The van der Waals surface area contributed by atoms with E-state index in [1.54, 1.807) is 18.0 Å². The standard InChI is InChI=1S/C24H28ClFN6O2/c1-3-10-32-24(34-18-6-7-20(26)19(25)12-18)29-23(30-32)28-22-15-4-5-16(22)14-31(13-15)17-8-9-27-21(11-17)33-2/h6-9,11-12,15-16,22H,3-5,10,13-14H2,1-2H3,(H,28,30)/t15-,16+,22?. The highest BCUT2D eigenvalue weighted by molar-refractivity contribution is 6.30. The van der Waals surface area contributed by atoms with Crippen LogP contribution in [0, 0.1) is 17.7 Å². The maximum absolute atomic E-state index is 13.5. The topological polar surface area (TPSA) is 77.3 Å². The Morgan fingerprint density at radius 3 is 2.68 bits per heavy atom. The molecule has 1 aliphatic heterocycles. The third-order valence-corrected chi connectivity index (χ3v) is 6.89. The lowest BCUT2D eigenvalue weighted by atomic mass is 9.92. The van der Waals surface area contributed by atoms with Crippen LogP contribution in [0.3, 0.4) is 0 Å². The lowest BCUT2D eigenvalue weighted by Gasteiger charge is -2.39. The molecule has 1 saturated heterocycles. The predicted molar refractivity (Wildman–Crippen MR) is 128 cm³/mol. The van der Waals surface area contributed by atoms with Gasteiger partial charge >= 0.3 is 6.01 Å². The van der Waals surface area contributed by atoms with Crippen molar-refractivity contribution in [3.8, 4) is 17.6 Å². The number of hydrogen-bond donors (Lipinski definition) is 1. The minimum atomic E-state index is -0.488. The number of fused-ring (bicyclic) bond motifs is 2. The molecule has 2 fully saturated rings. The average Bonchev–Trinajstić information content (AvgIpc) is 3.31. The summed E-state index contributed by atoms with van der Waals surface area (Å²) in [5.41, 5.74) is 1.14. The van der Waals surface area contributed by atoms with E-state index in [0.717, 1.165) is 38.0 Å². The van der Waals surface area contributed by atoms with Crippen molar-refractivity contribution in [2.45, 2.75) is 38.8 Å². The summed E-state index contributed by atoms with van der Waals surface area (Å²) in [4.78, 5) is 11.3. The number of pyridine rings is 1. The molecule has 2 aromatic heterocycles. The van der Waals surface area contributed by atoms with Gasteiger partial charge in [-0.05, 0) is 49.3 Å². The van der Waals surface area contributed by atoms with Crippen LogP contribution in [0.25, 0.3) is 0 Å². The van der Waals surface area contributed by atoms with Gasteiger partial charge in [0, 0.05) is 49.7 Å². The van der Waals surface area contributed by atoms with Crippen LogP contribution in [0.15, 0.2) is 36.5 Å². The highest BCUT2D eigenvalue weighted by atomic mass is 35.5. The second-order valence-electron chi connectivity index (χ2n) is 8.85. The van der Waals surface area contributed by atoms with Gasteiger partial charge in [0.15, 0.2) is 0 Å². The second kappa shape index (κ2) is 9.66. The molecule has 0 amide bonds. The zero-order chi connectivity index (χ0) is 23.7. The summed E-state index contributed by atoms with van der Waals surface area (Å²) in [6.07, 6.45) is 4.99. The molecule has 0 radical (unpaired) electrons. The van der Waals surface area contributed by atoms with Gasteiger partial charge in [0.25, 0.3) is 0 Å². The molecular weight excluding hydrogens is 459 g/mol. The fraction of sp³-hybridized carbons (Fsp3) is 0.458. The Balaban J connectivity index is 1.30. The summed E-state index contributed by atoms with van der Waals surface area (Å²) in [6, 6.07) is 8.94.